The highest BCUT2D eigenvalue weighted by Gasteiger charge is 2.06. The van der Waals surface area contributed by atoms with Gasteiger partial charge in [-0.05, 0) is 31.6 Å². The SMILES string of the molecule is CCCCCCC1C=CCCCCC1. The lowest BCUT2D eigenvalue weighted by molar-refractivity contribution is 0.466. The Bertz CT molecular complexity index is 146. The predicted molar refractivity (Wildman–Crippen MR) is 64.5 cm³/mol. The first kappa shape index (κ1) is 11.8. The molecule has 14 heavy (non-hydrogen) atoms. The van der Waals surface area contributed by atoms with E-state index in [-0.39, 0.29) is 0 Å². The van der Waals surface area contributed by atoms with E-state index >= 15 is 0 Å². The molecule has 0 heterocycles. The summed E-state index contributed by atoms with van der Waals surface area (Å²) in [5.41, 5.74) is 0. The van der Waals surface area contributed by atoms with E-state index in [0.717, 1.165) is 5.92 Å². The second-order valence-corrected chi connectivity index (χ2v) is 4.68. The van der Waals surface area contributed by atoms with Crippen molar-refractivity contribution in [2.45, 2.75) is 71.1 Å². The highest BCUT2D eigenvalue weighted by atomic mass is 14.1. The minimum absolute atomic E-state index is 0.909. The van der Waals surface area contributed by atoms with Gasteiger partial charge in [-0.25, -0.2) is 0 Å². The number of unbranched alkanes of at least 4 members (excludes halogenated alkanes) is 3. The normalized spacial score (nSPS) is 23.1. The first-order valence-electron chi connectivity index (χ1n) is 6.60. The van der Waals surface area contributed by atoms with E-state index in [2.05, 4.69) is 19.1 Å². The molecule has 0 saturated carbocycles. The largest absolute Gasteiger partial charge is 0.0883 e. The van der Waals surface area contributed by atoms with Crippen LogP contribution in [0.4, 0.5) is 0 Å². The van der Waals surface area contributed by atoms with Crippen molar-refractivity contribution in [3.63, 3.8) is 0 Å². The van der Waals surface area contributed by atoms with Crippen molar-refractivity contribution < 1.29 is 0 Å². The zero-order valence-electron chi connectivity index (χ0n) is 9.80. The van der Waals surface area contributed by atoms with Crippen molar-refractivity contribution in [3.05, 3.63) is 12.2 Å². The molecular formula is C14H26. The van der Waals surface area contributed by atoms with Crippen LogP contribution in [0.1, 0.15) is 71.1 Å². The van der Waals surface area contributed by atoms with Gasteiger partial charge < -0.3 is 0 Å². The second-order valence-electron chi connectivity index (χ2n) is 4.68. The van der Waals surface area contributed by atoms with E-state index in [1.807, 2.05) is 0 Å². The fraction of sp³-hybridized carbons (Fsp3) is 0.857. The van der Waals surface area contributed by atoms with Crippen LogP contribution >= 0.6 is 0 Å². The Labute approximate surface area is 89.8 Å². The molecular weight excluding hydrogens is 168 g/mol. The van der Waals surface area contributed by atoms with Crippen LogP contribution in [-0.4, -0.2) is 0 Å². The molecule has 0 radical (unpaired) electrons. The molecule has 0 fully saturated rings. The van der Waals surface area contributed by atoms with Crippen LogP contribution in [-0.2, 0) is 0 Å². The zero-order chi connectivity index (χ0) is 10.1. The van der Waals surface area contributed by atoms with Crippen molar-refractivity contribution >= 4 is 0 Å². The molecule has 82 valence electrons. The lowest BCUT2D eigenvalue weighted by Crippen LogP contribution is -1.99. The Balaban J connectivity index is 2.10. The van der Waals surface area contributed by atoms with Crippen molar-refractivity contribution in [1.29, 1.82) is 0 Å². The molecule has 0 amide bonds. The third-order valence-corrected chi connectivity index (χ3v) is 3.28. The summed E-state index contributed by atoms with van der Waals surface area (Å²) in [5, 5.41) is 0. The van der Waals surface area contributed by atoms with Gasteiger partial charge in [0.05, 0.1) is 0 Å². The topological polar surface area (TPSA) is 0 Å². The average Bonchev–Trinajstić information content (AvgIpc) is 2.15. The first-order chi connectivity index (χ1) is 6.93. The molecule has 0 heteroatoms. The van der Waals surface area contributed by atoms with Crippen molar-refractivity contribution in [1.82, 2.24) is 0 Å². The highest BCUT2D eigenvalue weighted by molar-refractivity contribution is 4.89. The first-order valence-corrected chi connectivity index (χ1v) is 6.60. The number of allylic oxidation sites excluding steroid dienone is 2. The number of rotatable bonds is 5. The van der Waals surface area contributed by atoms with Gasteiger partial charge in [-0.3, -0.25) is 0 Å². The van der Waals surface area contributed by atoms with Crippen molar-refractivity contribution in [2.24, 2.45) is 5.92 Å². The van der Waals surface area contributed by atoms with E-state index in [4.69, 9.17) is 0 Å². The summed E-state index contributed by atoms with van der Waals surface area (Å²) in [6.45, 7) is 2.29. The smallest absolute Gasteiger partial charge is 0.0234 e. The summed E-state index contributed by atoms with van der Waals surface area (Å²) in [7, 11) is 0. The average molecular weight is 194 g/mol. The van der Waals surface area contributed by atoms with Crippen LogP contribution in [0.3, 0.4) is 0 Å². The summed E-state index contributed by atoms with van der Waals surface area (Å²) in [6.07, 6.45) is 19.1. The molecule has 0 aromatic carbocycles. The van der Waals surface area contributed by atoms with Crippen LogP contribution in [0.5, 0.6) is 0 Å². The maximum Gasteiger partial charge on any atom is -0.0234 e. The molecule has 1 rings (SSSR count). The van der Waals surface area contributed by atoms with E-state index in [1.54, 1.807) is 0 Å². The molecule has 1 atom stereocenters. The zero-order valence-corrected chi connectivity index (χ0v) is 9.80. The van der Waals surface area contributed by atoms with E-state index in [0.29, 0.717) is 0 Å². The lowest BCUT2D eigenvalue weighted by Gasteiger charge is -2.14. The molecule has 1 aliphatic carbocycles. The Hall–Kier alpha value is -0.260. The molecule has 0 bridgehead atoms. The molecule has 0 aromatic heterocycles. The Morgan fingerprint density at radius 3 is 2.86 bits per heavy atom. The fourth-order valence-electron chi connectivity index (χ4n) is 2.30. The molecule has 0 aliphatic heterocycles. The van der Waals surface area contributed by atoms with E-state index in [9.17, 15) is 0 Å². The van der Waals surface area contributed by atoms with Gasteiger partial charge in [-0.2, -0.15) is 0 Å². The monoisotopic (exact) mass is 194 g/mol. The molecule has 0 spiro atoms. The summed E-state index contributed by atoms with van der Waals surface area (Å²) >= 11 is 0. The quantitative estimate of drug-likeness (QED) is 0.422. The van der Waals surface area contributed by atoms with Gasteiger partial charge in [0, 0.05) is 0 Å². The van der Waals surface area contributed by atoms with Gasteiger partial charge >= 0.3 is 0 Å². The van der Waals surface area contributed by atoms with Gasteiger partial charge in [-0.1, -0.05) is 57.6 Å². The van der Waals surface area contributed by atoms with Gasteiger partial charge in [0.2, 0.25) is 0 Å². The van der Waals surface area contributed by atoms with Gasteiger partial charge in [0.15, 0.2) is 0 Å². The standard InChI is InChI=1S/C14H26/c1-2-3-4-8-11-14-12-9-6-5-7-10-13-14/h9,12,14H,2-8,10-11,13H2,1H3. The second kappa shape index (κ2) is 8.08. The van der Waals surface area contributed by atoms with Crippen LogP contribution in [0, 0.1) is 5.92 Å². The molecule has 1 aliphatic rings. The summed E-state index contributed by atoms with van der Waals surface area (Å²) in [4.78, 5) is 0. The Kier molecular flexibility index (Phi) is 6.82. The van der Waals surface area contributed by atoms with E-state index in [1.165, 1.54) is 64.2 Å². The van der Waals surface area contributed by atoms with E-state index < -0.39 is 0 Å². The fourth-order valence-corrected chi connectivity index (χ4v) is 2.30. The number of hydrogen-bond donors (Lipinski definition) is 0. The van der Waals surface area contributed by atoms with Crippen molar-refractivity contribution in [2.75, 3.05) is 0 Å². The Morgan fingerprint density at radius 2 is 2.00 bits per heavy atom. The lowest BCUT2D eigenvalue weighted by atomic mass is 9.92. The minimum atomic E-state index is 0.909. The Morgan fingerprint density at radius 1 is 1.07 bits per heavy atom. The molecule has 0 aromatic rings. The van der Waals surface area contributed by atoms with Crippen LogP contribution < -0.4 is 0 Å². The third-order valence-electron chi connectivity index (χ3n) is 3.28. The highest BCUT2D eigenvalue weighted by Crippen LogP contribution is 2.22. The molecule has 0 saturated heterocycles. The molecule has 0 N–H and O–H groups in total. The van der Waals surface area contributed by atoms with Crippen LogP contribution in [0.25, 0.3) is 0 Å². The number of hydrogen-bond acceptors (Lipinski definition) is 0. The molecule has 1 unspecified atom stereocenters. The third kappa shape index (κ3) is 5.47. The van der Waals surface area contributed by atoms with Crippen LogP contribution in [0.15, 0.2) is 12.2 Å². The maximum absolute atomic E-state index is 2.49. The summed E-state index contributed by atoms with van der Waals surface area (Å²) in [6, 6.07) is 0. The summed E-state index contributed by atoms with van der Waals surface area (Å²) in [5.74, 6) is 0.909. The maximum atomic E-state index is 2.49. The minimum Gasteiger partial charge on any atom is -0.0883 e. The van der Waals surface area contributed by atoms with Gasteiger partial charge in [-0.15, -0.1) is 0 Å². The predicted octanol–water partition coefficient (Wildman–Crippen LogP) is 5.09. The van der Waals surface area contributed by atoms with Crippen LogP contribution in [0.2, 0.25) is 0 Å². The molecule has 0 nitrogen and oxygen atoms in total. The van der Waals surface area contributed by atoms with Gasteiger partial charge in [0.25, 0.3) is 0 Å². The van der Waals surface area contributed by atoms with Crippen molar-refractivity contribution in [3.8, 4) is 0 Å². The van der Waals surface area contributed by atoms with Gasteiger partial charge in [0.1, 0.15) is 0 Å². The summed E-state index contributed by atoms with van der Waals surface area (Å²) < 4.78 is 0.